The van der Waals surface area contributed by atoms with Gasteiger partial charge in [-0.25, -0.2) is 13.4 Å². The van der Waals surface area contributed by atoms with Crippen LogP contribution < -0.4 is 15.4 Å². The van der Waals surface area contributed by atoms with Gasteiger partial charge >= 0.3 is 0 Å². The number of hydrogen-bond acceptors (Lipinski definition) is 6. The number of nitrogens with zero attached hydrogens (tertiary/aromatic N) is 1. The average Bonchev–Trinajstić information content (AvgIpc) is 3.02. The van der Waals surface area contributed by atoms with Gasteiger partial charge in [0.25, 0.3) is 0 Å². The number of hydrogen-bond donors (Lipinski definition) is 3. The first-order valence-electron chi connectivity index (χ1n) is 9.94. The van der Waals surface area contributed by atoms with Crippen LogP contribution in [0.1, 0.15) is 50.1 Å². The fraction of sp³-hybridized carbons (Fsp3) is 0.450. The van der Waals surface area contributed by atoms with Gasteiger partial charge < -0.3 is 10.6 Å². The molecule has 1 aliphatic carbocycles. The van der Waals surface area contributed by atoms with Crippen molar-refractivity contribution in [2.24, 2.45) is 0 Å². The van der Waals surface area contributed by atoms with Crippen LogP contribution in [0.15, 0.2) is 29.2 Å². The highest BCUT2D eigenvalue weighted by Gasteiger charge is 2.23. The van der Waals surface area contributed by atoms with Crippen molar-refractivity contribution in [2.75, 3.05) is 10.6 Å². The second-order valence-corrected chi connectivity index (χ2v) is 10.1. The molecule has 1 atom stereocenters. The predicted molar refractivity (Wildman–Crippen MR) is 117 cm³/mol. The van der Waals surface area contributed by atoms with E-state index in [1.165, 1.54) is 67.2 Å². The van der Waals surface area contributed by atoms with Crippen LogP contribution in [0.25, 0.3) is 0 Å². The average molecular weight is 451 g/mol. The zero-order valence-electron chi connectivity index (χ0n) is 17.0. The molecule has 2 amide bonds. The minimum atomic E-state index is -3.89. The molecule has 0 bridgehead atoms. The van der Waals surface area contributed by atoms with Crippen LogP contribution in [0.2, 0.25) is 0 Å². The van der Waals surface area contributed by atoms with E-state index >= 15 is 0 Å². The first kappa shape index (κ1) is 22.4. The van der Waals surface area contributed by atoms with Crippen molar-refractivity contribution in [2.45, 2.75) is 63.3 Å². The third-order valence-electron chi connectivity index (χ3n) is 4.79. The fourth-order valence-electron chi connectivity index (χ4n) is 3.25. The number of carbonyl (C=O) groups excluding carboxylic acids is 2. The molecule has 0 saturated carbocycles. The Morgan fingerprint density at radius 3 is 2.37 bits per heavy atom. The SMILES string of the molecule is CC(=O)Nc1ccc(S(=O)(=O)N[C@@H](C)C(=O)Nc2nc3c(s2)CCCCCC3)cc1. The smallest absolute Gasteiger partial charge is 0.244 e. The maximum absolute atomic E-state index is 12.6. The molecule has 1 heterocycles. The number of amides is 2. The summed E-state index contributed by atoms with van der Waals surface area (Å²) in [5, 5.41) is 5.82. The van der Waals surface area contributed by atoms with E-state index in [4.69, 9.17) is 0 Å². The molecule has 1 aliphatic rings. The van der Waals surface area contributed by atoms with E-state index in [1.807, 2.05) is 0 Å². The number of thiazole rings is 1. The number of anilines is 2. The molecule has 0 aliphatic heterocycles. The second-order valence-electron chi connectivity index (χ2n) is 7.34. The van der Waals surface area contributed by atoms with Crippen molar-refractivity contribution in [1.29, 1.82) is 0 Å². The van der Waals surface area contributed by atoms with Gasteiger partial charge in [-0.3, -0.25) is 9.59 Å². The number of aryl methyl sites for hydroxylation is 2. The molecule has 1 aromatic carbocycles. The second kappa shape index (κ2) is 9.67. The number of aromatic nitrogens is 1. The van der Waals surface area contributed by atoms with Crippen molar-refractivity contribution in [3.05, 3.63) is 34.8 Å². The zero-order valence-corrected chi connectivity index (χ0v) is 18.7. The first-order valence-corrected chi connectivity index (χ1v) is 12.2. The molecule has 3 N–H and O–H groups in total. The Kier molecular flexibility index (Phi) is 7.22. The Morgan fingerprint density at radius 1 is 1.03 bits per heavy atom. The highest BCUT2D eigenvalue weighted by molar-refractivity contribution is 7.89. The molecular formula is C20H26N4O4S2. The predicted octanol–water partition coefficient (Wildman–Crippen LogP) is 3.07. The van der Waals surface area contributed by atoms with Crippen molar-refractivity contribution in [1.82, 2.24) is 9.71 Å². The summed E-state index contributed by atoms with van der Waals surface area (Å²) < 4.78 is 27.5. The van der Waals surface area contributed by atoms with Gasteiger partial charge in [0.1, 0.15) is 0 Å². The van der Waals surface area contributed by atoms with Crippen molar-refractivity contribution >= 4 is 44.0 Å². The fourth-order valence-corrected chi connectivity index (χ4v) is 5.50. The largest absolute Gasteiger partial charge is 0.326 e. The molecule has 0 fully saturated rings. The topological polar surface area (TPSA) is 117 Å². The van der Waals surface area contributed by atoms with Crippen molar-refractivity contribution in [3.63, 3.8) is 0 Å². The molecule has 0 unspecified atom stereocenters. The Morgan fingerprint density at radius 2 is 1.70 bits per heavy atom. The van der Waals surface area contributed by atoms with Crippen LogP contribution in [0.5, 0.6) is 0 Å². The van der Waals surface area contributed by atoms with Crippen LogP contribution in [0, 0.1) is 0 Å². The molecule has 3 rings (SSSR count). The van der Waals surface area contributed by atoms with Crippen LogP contribution in [-0.4, -0.2) is 31.3 Å². The molecular weight excluding hydrogens is 424 g/mol. The van der Waals surface area contributed by atoms with Gasteiger partial charge in [0.05, 0.1) is 16.6 Å². The van der Waals surface area contributed by atoms with Gasteiger partial charge in [0.2, 0.25) is 21.8 Å². The molecule has 1 aromatic heterocycles. The van der Waals surface area contributed by atoms with Gasteiger partial charge in [-0.05, 0) is 56.9 Å². The lowest BCUT2D eigenvalue weighted by molar-refractivity contribution is -0.117. The number of carbonyl (C=O) groups is 2. The summed E-state index contributed by atoms with van der Waals surface area (Å²) in [6.45, 7) is 2.86. The lowest BCUT2D eigenvalue weighted by Gasteiger charge is -2.14. The monoisotopic (exact) mass is 450 g/mol. The van der Waals surface area contributed by atoms with Gasteiger partial charge in [-0.2, -0.15) is 4.72 Å². The standard InChI is InChI=1S/C20H26N4O4S2/c1-13(24-30(27,28)16-11-9-15(10-12-16)21-14(2)25)19(26)23-20-22-17-7-5-3-4-6-8-18(17)29-20/h9-13,24H,3-8H2,1-2H3,(H,21,25)(H,22,23,26)/t13-/m0/s1. The molecule has 30 heavy (non-hydrogen) atoms. The van der Waals surface area contributed by atoms with Gasteiger partial charge in [-0.15, -0.1) is 11.3 Å². The zero-order chi connectivity index (χ0) is 21.7. The first-order chi connectivity index (χ1) is 14.2. The molecule has 8 nitrogen and oxygen atoms in total. The van der Waals surface area contributed by atoms with E-state index < -0.39 is 22.0 Å². The Balaban J connectivity index is 1.63. The number of sulfonamides is 1. The van der Waals surface area contributed by atoms with Crippen LogP contribution >= 0.6 is 11.3 Å². The van der Waals surface area contributed by atoms with Crippen molar-refractivity contribution < 1.29 is 18.0 Å². The van der Waals surface area contributed by atoms with Crippen LogP contribution in [0.3, 0.4) is 0 Å². The minimum Gasteiger partial charge on any atom is -0.326 e. The van der Waals surface area contributed by atoms with E-state index in [1.54, 1.807) is 0 Å². The Hall–Kier alpha value is -2.30. The maximum Gasteiger partial charge on any atom is 0.244 e. The number of rotatable bonds is 6. The molecule has 0 spiro atoms. The van der Waals surface area contributed by atoms with Gasteiger partial charge in [0, 0.05) is 17.5 Å². The number of fused-ring (bicyclic) bond motifs is 1. The van der Waals surface area contributed by atoms with Crippen LogP contribution in [-0.2, 0) is 32.5 Å². The maximum atomic E-state index is 12.6. The van der Waals surface area contributed by atoms with Crippen molar-refractivity contribution in [3.8, 4) is 0 Å². The van der Waals surface area contributed by atoms with E-state index in [0.717, 1.165) is 31.4 Å². The summed E-state index contributed by atoms with van der Waals surface area (Å²) in [7, 11) is -3.89. The van der Waals surface area contributed by atoms with E-state index in [9.17, 15) is 18.0 Å². The van der Waals surface area contributed by atoms with Crippen LogP contribution in [0.4, 0.5) is 10.8 Å². The normalized spacial score (nSPS) is 15.4. The minimum absolute atomic E-state index is 0.00784. The van der Waals surface area contributed by atoms with E-state index in [2.05, 4.69) is 20.3 Å². The van der Waals surface area contributed by atoms with Gasteiger partial charge in [0.15, 0.2) is 5.13 Å². The molecule has 0 radical (unpaired) electrons. The summed E-state index contributed by atoms with van der Waals surface area (Å²) in [6, 6.07) is 4.76. The van der Waals surface area contributed by atoms with Gasteiger partial charge in [-0.1, -0.05) is 12.8 Å². The lowest BCUT2D eigenvalue weighted by atomic mass is 10.0. The molecule has 2 aromatic rings. The molecule has 0 saturated heterocycles. The number of nitrogens with one attached hydrogen (secondary N) is 3. The molecule has 162 valence electrons. The van der Waals surface area contributed by atoms with E-state index in [0.29, 0.717) is 10.8 Å². The Bertz CT molecular complexity index is 990. The van der Waals surface area contributed by atoms with E-state index in [-0.39, 0.29) is 10.8 Å². The summed E-state index contributed by atoms with van der Waals surface area (Å²) in [6.07, 6.45) is 6.52. The summed E-state index contributed by atoms with van der Waals surface area (Å²) in [5.41, 5.74) is 1.54. The lowest BCUT2D eigenvalue weighted by Crippen LogP contribution is -2.41. The highest BCUT2D eigenvalue weighted by Crippen LogP contribution is 2.28. The summed E-state index contributed by atoms with van der Waals surface area (Å²) in [5.74, 6) is -0.709. The quantitative estimate of drug-likeness (QED) is 0.625. The number of benzene rings is 1. The third-order valence-corrected chi connectivity index (χ3v) is 7.42. The highest BCUT2D eigenvalue weighted by atomic mass is 32.2. The summed E-state index contributed by atoms with van der Waals surface area (Å²) >= 11 is 1.47. The third kappa shape index (κ3) is 5.87. The summed E-state index contributed by atoms with van der Waals surface area (Å²) in [4.78, 5) is 29.4. The molecule has 10 heteroatoms. The Labute approximate surface area is 180 Å².